The number of benzene rings is 1. The lowest BCUT2D eigenvalue weighted by molar-refractivity contribution is 0.0665. The second kappa shape index (κ2) is 7.04. The van der Waals surface area contributed by atoms with E-state index >= 15 is 0 Å². The van der Waals surface area contributed by atoms with E-state index in [-0.39, 0.29) is 0 Å². The standard InChI is InChI=1S/C16H26N2O/c1-13-5-7-15(8-6-13)16(17-3)12-18-9-4-10-19-14(2)11-18/h5-8,14,16-17H,4,9-12H2,1-3H3. The smallest absolute Gasteiger partial charge is 0.0673 e. The van der Waals surface area contributed by atoms with Crippen LogP contribution in [0.15, 0.2) is 24.3 Å². The summed E-state index contributed by atoms with van der Waals surface area (Å²) in [5.41, 5.74) is 2.68. The highest BCUT2D eigenvalue weighted by Crippen LogP contribution is 2.16. The molecule has 3 heteroatoms. The van der Waals surface area contributed by atoms with Gasteiger partial charge >= 0.3 is 0 Å². The number of aryl methyl sites for hydroxylation is 1. The molecule has 0 saturated carbocycles. The molecule has 106 valence electrons. The average Bonchev–Trinajstić information content (AvgIpc) is 2.61. The van der Waals surface area contributed by atoms with Crippen LogP contribution in [0.5, 0.6) is 0 Å². The predicted molar refractivity (Wildman–Crippen MR) is 79.5 cm³/mol. The number of hydrogen-bond donors (Lipinski definition) is 1. The number of likely N-dealkylation sites (N-methyl/N-ethyl adjacent to an activating group) is 1. The maximum absolute atomic E-state index is 5.71. The molecule has 1 fully saturated rings. The first-order valence-corrected chi connectivity index (χ1v) is 7.27. The van der Waals surface area contributed by atoms with E-state index < -0.39 is 0 Å². The fourth-order valence-electron chi connectivity index (χ4n) is 2.67. The molecule has 0 radical (unpaired) electrons. The molecular formula is C16H26N2O. The van der Waals surface area contributed by atoms with E-state index in [1.807, 2.05) is 7.05 Å². The normalized spacial score (nSPS) is 23.0. The summed E-state index contributed by atoms with van der Waals surface area (Å²) in [6, 6.07) is 9.23. The first-order valence-electron chi connectivity index (χ1n) is 7.27. The molecular weight excluding hydrogens is 236 g/mol. The largest absolute Gasteiger partial charge is 0.377 e. The van der Waals surface area contributed by atoms with Gasteiger partial charge in [-0.05, 0) is 32.9 Å². The second-order valence-electron chi connectivity index (χ2n) is 5.55. The zero-order chi connectivity index (χ0) is 13.7. The van der Waals surface area contributed by atoms with E-state index in [2.05, 4.69) is 48.3 Å². The van der Waals surface area contributed by atoms with Crippen LogP contribution >= 0.6 is 0 Å². The maximum Gasteiger partial charge on any atom is 0.0673 e. The quantitative estimate of drug-likeness (QED) is 0.901. The summed E-state index contributed by atoms with van der Waals surface area (Å²) < 4.78 is 5.71. The van der Waals surface area contributed by atoms with Crippen LogP contribution in [0, 0.1) is 6.92 Å². The second-order valence-corrected chi connectivity index (χ2v) is 5.55. The number of nitrogens with zero attached hydrogens (tertiary/aromatic N) is 1. The molecule has 0 bridgehead atoms. The molecule has 0 aliphatic carbocycles. The third-order valence-electron chi connectivity index (χ3n) is 3.81. The molecule has 1 aromatic carbocycles. The summed E-state index contributed by atoms with van der Waals surface area (Å²) in [6.07, 6.45) is 1.48. The fourth-order valence-corrected chi connectivity index (χ4v) is 2.67. The van der Waals surface area contributed by atoms with Gasteiger partial charge in [0.15, 0.2) is 0 Å². The first-order chi connectivity index (χ1) is 9.19. The monoisotopic (exact) mass is 262 g/mol. The Morgan fingerprint density at radius 1 is 1.37 bits per heavy atom. The topological polar surface area (TPSA) is 24.5 Å². The van der Waals surface area contributed by atoms with Crippen LogP contribution in [-0.2, 0) is 4.74 Å². The molecule has 1 saturated heterocycles. The van der Waals surface area contributed by atoms with Gasteiger partial charge in [0.25, 0.3) is 0 Å². The summed E-state index contributed by atoms with van der Waals surface area (Å²) in [5.74, 6) is 0. The molecule has 1 N–H and O–H groups in total. The lowest BCUT2D eigenvalue weighted by Gasteiger charge is -2.27. The Morgan fingerprint density at radius 3 is 2.79 bits per heavy atom. The minimum absolute atomic E-state index is 0.345. The highest BCUT2D eigenvalue weighted by molar-refractivity contribution is 5.24. The van der Waals surface area contributed by atoms with Gasteiger partial charge in [-0.3, -0.25) is 4.90 Å². The number of nitrogens with one attached hydrogen (secondary N) is 1. The van der Waals surface area contributed by atoms with Crippen molar-refractivity contribution in [3.05, 3.63) is 35.4 Å². The van der Waals surface area contributed by atoms with Gasteiger partial charge in [0.1, 0.15) is 0 Å². The van der Waals surface area contributed by atoms with Crippen molar-refractivity contribution in [2.75, 3.05) is 33.3 Å². The predicted octanol–water partition coefficient (Wildman–Crippen LogP) is 2.37. The lowest BCUT2D eigenvalue weighted by atomic mass is 10.0. The van der Waals surface area contributed by atoms with E-state index in [9.17, 15) is 0 Å². The van der Waals surface area contributed by atoms with Crippen LogP contribution < -0.4 is 5.32 Å². The van der Waals surface area contributed by atoms with Crippen molar-refractivity contribution < 1.29 is 4.74 Å². The van der Waals surface area contributed by atoms with Crippen LogP contribution in [0.1, 0.15) is 30.5 Å². The summed E-state index contributed by atoms with van der Waals surface area (Å²) in [4.78, 5) is 2.51. The van der Waals surface area contributed by atoms with E-state index in [4.69, 9.17) is 4.74 Å². The van der Waals surface area contributed by atoms with Gasteiger partial charge in [0, 0.05) is 32.3 Å². The highest BCUT2D eigenvalue weighted by Gasteiger charge is 2.19. The van der Waals surface area contributed by atoms with Crippen molar-refractivity contribution in [2.24, 2.45) is 0 Å². The van der Waals surface area contributed by atoms with Crippen LogP contribution in [-0.4, -0.2) is 44.3 Å². The summed E-state index contributed by atoms with van der Waals surface area (Å²) >= 11 is 0. The molecule has 3 nitrogen and oxygen atoms in total. The van der Waals surface area contributed by atoms with Crippen LogP contribution in [0.3, 0.4) is 0 Å². The summed E-state index contributed by atoms with van der Waals surface area (Å²) in [6.45, 7) is 8.41. The fraction of sp³-hybridized carbons (Fsp3) is 0.625. The Balaban J connectivity index is 1.99. The zero-order valence-corrected chi connectivity index (χ0v) is 12.4. The molecule has 2 unspecified atom stereocenters. The van der Waals surface area contributed by atoms with Gasteiger partial charge in [-0.25, -0.2) is 0 Å². The third kappa shape index (κ3) is 4.30. The van der Waals surface area contributed by atoms with Gasteiger partial charge in [-0.2, -0.15) is 0 Å². The molecule has 0 amide bonds. The van der Waals surface area contributed by atoms with Gasteiger partial charge in [-0.15, -0.1) is 0 Å². The van der Waals surface area contributed by atoms with Crippen molar-refractivity contribution in [1.29, 1.82) is 0 Å². The van der Waals surface area contributed by atoms with E-state index in [1.165, 1.54) is 11.1 Å². The van der Waals surface area contributed by atoms with Crippen molar-refractivity contribution in [3.63, 3.8) is 0 Å². The Kier molecular flexibility index (Phi) is 5.37. The highest BCUT2D eigenvalue weighted by atomic mass is 16.5. The molecule has 0 aromatic heterocycles. The third-order valence-corrected chi connectivity index (χ3v) is 3.81. The van der Waals surface area contributed by atoms with Crippen molar-refractivity contribution in [1.82, 2.24) is 10.2 Å². The van der Waals surface area contributed by atoms with Crippen molar-refractivity contribution in [2.45, 2.75) is 32.4 Å². The van der Waals surface area contributed by atoms with Crippen LogP contribution in [0.2, 0.25) is 0 Å². The maximum atomic E-state index is 5.71. The first kappa shape index (κ1) is 14.5. The Labute approximate surface area is 116 Å². The number of rotatable bonds is 4. The van der Waals surface area contributed by atoms with Gasteiger partial charge in [0.05, 0.1) is 6.10 Å². The van der Waals surface area contributed by atoms with Gasteiger partial charge in [-0.1, -0.05) is 29.8 Å². The van der Waals surface area contributed by atoms with E-state index in [1.54, 1.807) is 0 Å². The number of hydrogen-bond acceptors (Lipinski definition) is 3. The lowest BCUT2D eigenvalue weighted by Crippen LogP contribution is -2.37. The van der Waals surface area contributed by atoms with E-state index in [0.717, 1.165) is 32.7 Å². The molecule has 1 aliphatic rings. The minimum atomic E-state index is 0.345. The van der Waals surface area contributed by atoms with Gasteiger partial charge < -0.3 is 10.1 Å². The van der Waals surface area contributed by atoms with Crippen LogP contribution in [0.25, 0.3) is 0 Å². The Hall–Kier alpha value is -0.900. The van der Waals surface area contributed by atoms with Gasteiger partial charge in [0.2, 0.25) is 0 Å². The molecule has 2 rings (SSSR count). The van der Waals surface area contributed by atoms with E-state index in [0.29, 0.717) is 12.1 Å². The molecule has 0 spiro atoms. The molecule has 19 heavy (non-hydrogen) atoms. The van der Waals surface area contributed by atoms with Crippen molar-refractivity contribution in [3.8, 4) is 0 Å². The summed E-state index contributed by atoms with van der Waals surface area (Å²) in [7, 11) is 2.04. The molecule has 1 heterocycles. The Bertz CT molecular complexity index is 377. The molecule has 2 atom stereocenters. The molecule has 1 aromatic rings. The molecule has 1 aliphatic heterocycles. The van der Waals surface area contributed by atoms with Crippen LogP contribution in [0.4, 0.5) is 0 Å². The Morgan fingerprint density at radius 2 is 2.11 bits per heavy atom. The number of ether oxygens (including phenoxy) is 1. The van der Waals surface area contributed by atoms with Crippen molar-refractivity contribution >= 4 is 0 Å². The average molecular weight is 262 g/mol. The minimum Gasteiger partial charge on any atom is -0.377 e. The zero-order valence-electron chi connectivity index (χ0n) is 12.4. The SMILES string of the molecule is CNC(CN1CCCOC(C)C1)c1ccc(C)cc1. The summed E-state index contributed by atoms with van der Waals surface area (Å²) in [5, 5.41) is 3.44.